The van der Waals surface area contributed by atoms with Crippen molar-refractivity contribution in [2.24, 2.45) is 0 Å². The molecule has 0 bridgehead atoms. The first-order chi connectivity index (χ1) is 25.5. The summed E-state index contributed by atoms with van der Waals surface area (Å²) in [5.41, 5.74) is 6.09. The zero-order valence-electron chi connectivity index (χ0n) is 30.8. The van der Waals surface area contributed by atoms with Gasteiger partial charge in [0.1, 0.15) is 4.90 Å². The van der Waals surface area contributed by atoms with E-state index >= 15 is 0 Å². The van der Waals surface area contributed by atoms with Crippen LogP contribution >= 0.6 is 0 Å². The highest BCUT2D eigenvalue weighted by molar-refractivity contribution is 7.86. The Morgan fingerprint density at radius 1 is 0.759 bits per heavy atom. The number of anilines is 4. The van der Waals surface area contributed by atoms with Gasteiger partial charge in [-0.15, -0.1) is 0 Å². The molecule has 0 saturated carbocycles. The number of ether oxygens (including phenoxy) is 3. The molecule has 0 saturated heterocycles. The third kappa shape index (κ3) is 13.5. The minimum atomic E-state index is -4.81. The van der Waals surface area contributed by atoms with Gasteiger partial charge in [-0.1, -0.05) is 30.3 Å². The molecule has 0 fully saturated rings. The maximum Gasteiger partial charge on any atom is 0.296 e. The van der Waals surface area contributed by atoms with E-state index in [0.29, 0.717) is 70.7 Å². The van der Waals surface area contributed by atoms with Crippen LogP contribution in [0, 0.1) is 0 Å². The van der Waals surface area contributed by atoms with E-state index in [1.807, 2.05) is 0 Å². The smallest absolute Gasteiger partial charge is 0.296 e. The average molecular weight is 775 g/mol. The molecule has 0 spiro atoms. The molecule has 0 radical (unpaired) electrons. The highest BCUT2D eigenvalue weighted by Gasteiger charge is 2.36. The summed E-state index contributed by atoms with van der Waals surface area (Å²) >= 11 is 0. The Morgan fingerprint density at radius 2 is 1.22 bits per heavy atom. The van der Waals surface area contributed by atoms with Crippen molar-refractivity contribution in [1.82, 2.24) is 4.90 Å². The van der Waals surface area contributed by atoms with Crippen molar-refractivity contribution >= 4 is 50.3 Å². The summed E-state index contributed by atoms with van der Waals surface area (Å²) in [4.78, 5) is 39.2. The summed E-state index contributed by atoms with van der Waals surface area (Å²) in [6.07, 6.45) is -1.38. The summed E-state index contributed by atoms with van der Waals surface area (Å²) in [6, 6.07) is 13.6. The second kappa shape index (κ2) is 21.0. The van der Waals surface area contributed by atoms with E-state index in [-0.39, 0.29) is 33.8 Å². The molecule has 54 heavy (non-hydrogen) atoms. The molecule has 3 atom stereocenters. The van der Waals surface area contributed by atoms with Crippen molar-refractivity contribution in [2.45, 2.75) is 50.9 Å². The molecule has 3 aromatic rings. The zero-order chi connectivity index (χ0) is 40.0. The number of hydrogen-bond acceptors (Lipinski definition) is 14. The van der Waals surface area contributed by atoms with E-state index in [2.05, 4.69) is 15.5 Å². The van der Waals surface area contributed by atoms with Crippen LogP contribution in [0.15, 0.2) is 59.5 Å². The lowest BCUT2D eigenvalue weighted by Crippen LogP contribution is -2.35. The van der Waals surface area contributed by atoms with E-state index in [1.165, 1.54) is 19.1 Å². The van der Waals surface area contributed by atoms with Crippen molar-refractivity contribution in [1.29, 1.82) is 0 Å². The molecule has 17 heteroatoms. The summed E-state index contributed by atoms with van der Waals surface area (Å²) in [5, 5.41) is 32.9. The Kier molecular flexibility index (Phi) is 17.1. The molecule has 0 aromatic heterocycles. The molecule has 3 aromatic carbocycles. The van der Waals surface area contributed by atoms with Crippen LogP contribution in [-0.4, -0.2) is 128 Å². The van der Waals surface area contributed by atoms with Gasteiger partial charge in [0.05, 0.1) is 80.5 Å². The molecule has 1 aliphatic carbocycles. The SMILES string of the molecule is CC(=O)Nc1cccc(Nc2cc(S(=O)(=O)O)c(N)c3c2C(=O)c2ccccc2C3=O)c1.CC(O)COCCN(CCOCC(C)O)CCOCC(C)O. The van der Waals surface area contributed by atoms with Gasteiger partial charge >= 0.3 is 0 Å². The second-order valence-corrected chi connectivity index (χ2v) is 14.2. The van der Waals surface area contributed by atoms with Crippen molar-refractivity contribution in [2.75, 3.05) is 75.6 Å². The number of ketones is 2. The Labute approximate surface area is 315 Å². The van der Waals surface area contributed by atoms with Crippen molar-refractivity contribution in [3.8, 4) is 0 Å². The lowest BCUT2D eigenvalue weighted by atomic mass is 9.82. The van der Waals surface area contributed by atoms with Gasteiger partial charge in [0.25, 0.3) is 10.1 Å². The molecule has 0 heterocycles. The standard InChI is InChI=1S/C22H17N3O6S.C15H33NO6/c1-11(26)24-12-5-4-6-13(9-12)25-16-10-17(32(29,30)31)20(23)19-18(16)21(27)14-7-2-3-8-15(14)22(19)28;1-13(17)10-20-7-4-16(5-8-21-11-14(2)18)6-9-22-12-15(3)19/h2-10,25H,23H2,1H3,(H,24,26)(H,29,30,31);13-15,17-19H,4-12H2,1-3H3. The highest BCUT2D eigenvalue weighted by atomic mass is 32.2. The van der Waals surface area contributed by atoms with E-state index in [1.54, 1.807) is 57.2 Å². The second-order valence-electron chi connectivity index (χ2n) is 12.8. The molecular formula is C37H50N4O12S. The molecule has 4 rings (SSSR count). The normalized spacial score (nSPS) is 14.0. The maximum atomic E-state index is 13.3. The van der Waals surface area contributed by atoms with Crippen LogP contribution in [0.5, 0.6) is 0 Å². The first-order valence-electron chi connectivity index (χ1n) is 17.3. The average Bonchev–Trinajstić information content (AvgIpc) is 3.09. The minimum Gasteiger partial charge on any atom is -0.397 e. The number of carbonyl (C=O) groups excluding carboxylic acids is 3. The summed E-state index contributed by atoms with van der Waals surface area (Å²) in [7, 11) is -4.81. The number of aliphatic hydroxyl groups is 3. The van der Waals surface area contributed by atoms with Crippen LogP contribution in [-0.2, 0) is 29.1 Å². The largest absolute Gasteiger partial charge is 0.397 e. The van der Waals surface area contributed by atoms with Crippen molar-refractivity contribution in [3.63, 3.8) is 0 Å². The number of nitrogens with zero attached hydrogens (tertiary/aromatic N) is 1. The predicted octanol–water partition coefficient (Wildman–Crippen LogP) is 2.47. The summed E-state index contributed by atoms with van der Waals surface area (Å²) in [5.74, 6) is -1.45. The van der Waals surface area contributed by atoms with Crippen LogP contribution in [0.3, 0.4) is 0 Å². The summed E-state index contributed by atoms with van der Waals surface area (Å²) in [6.45, 7) is 11.1. The number of amides is 1. The lowest BCUT2D eigenvalue weighted by molar-refractivity contribution is -0.114. The Balaban J connectivity index is 0.000000315. The van der Waals surface area contributed by atoms with Gasteiger partial charge in [-0.2, -0.15) is 8.42 Å². The Bertz CT molecular complexity index is 1810. The van der Waals surface area contributed by atoms with Gasteiger partial charge in [-0.3, -0.25) is 23.8 Å². The monoisotopic (exact) mass is 774 g/mol. The first kappa shape index (κ1) is 44.1. The molecule has 1 aliphatic rings. The molecule has 296 valence electrons. The van der Waals surface area contributed by atoms with E-state index in [0.717, 1.165) is 6.07 Å². The van der Waals surface area contributed by atoms with Crippen molar-refractivity contribution in [3.05, 3.63) is 76.9 Å². The molecule has 1 amide bonds. The number of nitrogens with one attached hydrogen (secondary N) is 2. The van der Waals surface area contributed by atoms with Gasteiger partial charge in [-0.05, 0) is 45.0 Å². The van der Waals surface area contributed by atoms with Gasteiger partial charge in [0.2, 0.25) is 5.91 Å². The number of carbonyl (C=O) groups is 3. The number of aliphatic hydroxyl groups excluding tert-OH is 3. The molecule has 3 unspecified atom stereocenters. The number of hydrogen-bond donors (Lipinski definition) is 7. The van der Waals surface area contributed by atoms with Gasteiger partial charge < -0.3 is 45.9 Å². The van der Waals surface area contributed by atoms with Crippen LogP contribution in [0.1, 0.15) is 59.5 Å². The Morgan fingerprint density at radius 3 is 1.67 bits per heavy atom. The maximum absolute atomic E-state index is 13.3. The van der Waals surface area contributed by atoms with E-state index in [4.69, 9.17) is 35.3 Å². The fourth-order valence-electron chi connectivity index (χ4n) is 5.32. The number of rotatable bonds is 19. The number of nitrogens with two attached hydrogens (primary N) is 1. The van der Waals surface area contributed by atoms with Gasteiger partial charge in [0.15, 0.2) is 11.6 Å². The van der Waals surface area contributed by atoms with Crippen molar-refractivity contribution < 1.29 is 56.9 Å². The lowest BCUT2D eigenvalue weighted by Gasteiger charge is -2.23. The predicted molar refractivity (Wildman–Crippen MR) is 202 cm³/mol. The van der Waals surface area contributed by atoms with Gasteiger partial charge in [0, 0.05) is 49.1 Å². The minimum absolute atomic E-state index is 0.0327. The van der Waals surface area contributed by atoms with Crippen LogP contribution in [0.2, 0.25) is 0 Å². The highest BCUT2D eigenvalue weighted by Crippen LogP contribution is 2.40. The van der Waals surface area contributed by atoms with Gasteiger partial charge in [-0.25, -0.2) is 0 Å². The zero-order valence-corrected chi connectivity index (χ0v) is 31.6. The van der Waals surface area contributed by atoms with E-state index < -0.39 is 50.6 Å². The molecule has 8 N–H and O–H groups in total. The molecule has 0 aliphatic heterocycles. The summed E-state index contributed by atoms with van der Waals surface area (Å²) < 4.78 is 49.7. The molecular weight excluding hydrogens is 724 g/mol. The van der Waals surface area contributed by atoms with Crippen LogP contribution in [0.4, 0.5) is 22.7 Å². The third-order valence-corrected chi connectivity index (χ3v) is 8.57. The van der Waals surface area contributed by atoms with E-state index in [9.17, 15) is 27.4 Å². The van der Waals surface area contributed by atoms with Crippen LogP contribution in [0.25, 0.3) is 0 Å². The number of nitrogen functional groups attached to an aromatic ring is 1. The fourth-order valence-corrected chi connectivity index (χ4v) is 5.96. The molecule has 16 nitrogen and oxygen atoms in total. The van der Waals surface area contributed by atoms with Crippen LogP contribution < -0.4 is 16.4 Å². The first-order valence-corrected chi connectivity index (χ1v) is 18.7. The Hall–Kier alpha value is -4.30. The third-order valence-electron chi connectivity index (χ3n) is 7.67. The quantitative estimate of drug-likeness (QED) is 0.0411. The fraction of sp³-hybridized carbons (Fsp3) is 0.432. The number of fused-ring (bicyclic) bond motifs is 2. The topological polar surface area (TPSA) is 247 Å². The number of benzene rings is 3.